The third kappa shape index (κ3) is 4.15. The number of benzene rings is 2. The van der Waals surface area contributed by atoms with Crippen LogP contribution in [0.1, 0.15) is 61.4 Å². The fourth-order valence-corrected chi connectivity index (χ4v) is 6.17. The highest BCUT2D eigenvalue weighted by Crippen LogP contribution is 2.46. The summed E-state index contributed by atoms with van der Waals surface area (Å²) in [6.45, 7) is 5.27. The average Bonchev–Trinajstić information content (AvgIpc) is 3.29. The number of piperidine rings is 1. The number of nitrogens with zero attached hydrogens (tertiary/aromatic N) is 4. The quantitative estimate of drug-likeness (QED) is 0.489. The zero-order chi connectivity index (χ0) is 24.2. The van der Waals surface area contributed by atoms with Crippen LogP contribution in [0.3, 0.4) is 0 Å². The van der Waals surface area contributed by atoms with Crippen molar-refractivity contribution in [2.24, 2.45) is 0 Å². The van der Waals surface area contributed by atoms with Crippen molar-refractivity contribution in [3.63, 3.8) is 0 Å². The lowest BCUT2D eigenvalue weighted by Gasteiger charge is -2.36. The van der Waals surface area contributed by atoms with Crippen LogP contribution in [-0.4, -0.2) is 47.4 Å². The van der Waals surface area contributed by atoms with Gasteiger partial charge in [-0.3, -0.25) is 0 Å². The molecule has 3 aromatic rings. The summed E-state index contributed by atoms with van der Waals surface area (Å²) >= 11 is 6.77. The van der Waals surface area contributed by atoms with E-state index in [-0.39, 0.29) is 11.9 Å². The van der Waals surface area contributed by atoms with Crippen molar-refractivity contribution in [2.75, 3.05) is 36.0 Å². The van der Waals surface area contributed by atoms with E-state index in [2.05, 4.69) is 52.0 Å². The van der Waals surface area contributed by atoms with Crippen molar-refractivity contribution in [2.45, 2.75) is 63.1 Å². The van der Waals surface area contributed by atoms with Gasteiger partial charge in [-0.25, -0.2) is 14.4 Å². The predicted octanol–water partition coefficient (Wildman–Crippen LogP) is 5.90. The number of rotatable bonds is 4. The molecule has 0 radical (unpaired) electrons. The second-order valence-electron chi connectivity index (χ2n) is 10.5. The van der Waals surface area contributed by atoms with Crippen LogP contribution in [0.25, 0.3) is 10.9 Å². The first-order chi connectivity index (χ1) is 16.9. The molecule has 0 unspecified atom stereocenters. The predicted molar refractivity (Wildman–Crippen MR) is 139 cm³/mol. The Hall–Kier alpha value is -2.44. The highest BCUT2D eigenvalue weighted by molar-refractivity contribution is 6.35. The molecular formula is C28H32ClFN4O. The van der Waals surface area contributed by atoms with E-state index < -0.39 is 5.67 Å². The van der Waals surface area contributed by atoms with E-state index in [0.717, 1.165) is 62.2 Å². The fourth-order valence-electron chi connectivity index (χ4n) is 5.92. The average molecular weight is 495 g/mol. The lowest BCUT2D eigenvalue weighted by Crippen LogP contribution is -2.36. The Morgan fingerprint density at radius 1 is 1.03 bits per heavy atom. The van der Waals surface area contributed by atoms with Crippen molar-refractivity contribution in [3.8, 4) is 0 Å². The molecule has 0 amide bonds. The van der Waals surface area contributed by atoms with E-state index in [1.54, 1.807) is 0 Å². The molecule has 3 heterocycles. The monoisotopic (exact) mass is 494 g/mol. The van der Waals surface area contributed by atoms with Crippen LogP contribution in [0.15, 0.2) is 36.4 Å². The number of aryl methyl sites for hydroxylation is 1. The Morgan fingerprint density at radius 2 is 1.77 bits per heavy atom. The Morgan fingerprint density at radius 3 is 2.43 bits per heavy atom. The summed E-state index contributed by atoms with van der Waals surface area (Å²) in [4.78, 5) is 14.0. The molecule has 6 rings (SSSR count). The van der Waals surface area contributed by atoms with Crippen LogP contribution in [0.5, 0.6) is 0 Å². The van der Waals surface area contributed by atoms with Gasteiger partial charge in [-0.15, -0.1) is 0 Å². The second kappa shape index (κ2) is 8.90. The second-order valence-corrected chi connectivity index (χ2v) is 10.9. The van der Waals surface area contributed by atoms with Crippen molar-refractivity contribution >= 4 is 34.0 Å². The van der Waals surface area contributed by atoms with Gasteiger partial charge in [0.2, 0.25) is 0 Å². The van der Waals surface area contributed by atoms with E-state index in [9.17, 15) is 5.11 Å². The maximum atomic E-state index is 15.5. The third-order valence-electron chi connectivity index (χ3n) is 8.22. The van der Waals surface area contributed by atoms with Crippen LogP contribution in [-0.2, 0) is 5.67 Å². The highest BCUT2D eigenvalue weighted by Gasteiger charge is 2.43. The van der Waals surface area contributed by atoms with Gasteiger partial charge in [-0.2, -0.15) is 0 Å². The Labute approximate surface area is 210 Å². The fraction of sp³-hybridized carbons (Fsp3) is 0.500. The molecule has 2 aromatic carbocycles. The first kappa shape index (κ1) is 23.0. The van der Waals surface area contributed by atoms with Gasteiger partial charge in [0.1, 0.15) is 5.82 Å². The first-order valence-electron chi connectivity index (χ1n) is 12.9. The minimum Gasteiger partial charge on any atom is -0.391 e. The topological polar surface area (TPSA) is 52.5 Å². The van der Waals surface area contributed by atoms with Crippen LogP contribution in [0.2, 0.25) is 5.02 Å². The normalized spacial score (nSPS) is 22.6. The molecule has 3 aliphatic rings. The summed E-state index contributed by atoms with van der Waals surface area (Å²) in [5, 5.41) is 11.4. The van der Waals surface area contributed by atoms with Gasteiger partial charge in [-0.05, 0) is 74.6 Å². The summed E-state index contributed by atoms with van der Waals surface area (Å²) in [5.74, 6) is 1.59. The molecule has 1 atom stereocenters. The van der Waals surface area contributed by atoms with Crippen LogP contribution >= 0.6 is 11.6 Å². The minimum atomic E-state index is -1.45. The molecule has 1 aliphatic carbocycles. The molecule has 184 valence electrons. The molecule has 2 aliphatic heterocycles. The summed E-state index contributed by atoms with van der Waals surface area (Å²) in [7, 11) is 0. The summed E-state index contributed by atoms with van der Waals surface area (Å²) in [5.41, 5.74) is 2.90. The minimum absolute atomic E-state index is 0.276. The van der Waals surface area contributed by atoms with Crippen LogP contribution in [0, 0.1) is 6.92 Å². The lowest BCUT2D eigenvalue weighted by molar-refractivity contribution is 0.0512. The van der Waals surface area contributed by atoms with Gasteiger partial charge in [0.15, 0.2) is 11.5 Å². The number of β-amino-alcohol motifs (C(OH)–C–C–N with tert-alkyl or cyclic N) is 1. The van der Waals surface area contributed by atoms with E-state index in [4.69, 9.17) is 16.6 Å². The van der Waals surface area contributed by atoms with E-state index >= 15 is 4.39 Å². The summed E-state index contributed by atoms with van der Waals surface area (Å²) in [6.07, 6.45) is 4.26. The zero-order valence-electron chi connectivity index (χ0n) is 20.2. The number of aliphatic hydroxyl groups excluding tert-OH is 1. The van der Waals surface area contributed by atoms with Crippen molar-refractivity contribution in [1.82, 2.24) is 9.97 Å². The Kier molecular flexibility index (Phi) is 5.84. The third-order valence-corrected chi connectivity index (χ3v) is 8.50. The molecule has 1 aromatic heterocycles. The molecular weight excluding hydrogens is 463 g/mol. The molecule has 2 saturated heterocycles. The van der Waals surface area contributed by atoms with E-state index in [1.165, 1.54) is 11.1 Å². The number of alkyl halides is 1. The van der Waals surface area contributed by atoms with Crippen molar-refractivity contribution in [3.05, 3.63) is 58.4 Å². The summed E-state index contributed by atoms with van der Waals surface area (Å²) in [6, 6.07) is 12.6. The molecule has 5 nitrogen and oxygen atoms in total. The maximum Gasteiger partial charge on any atom is 0.170 e. The number of halogens is 2. The maximum absolute atomic E-state index is 15.5. The van der Waals surface area contributed by atoms with E-state index in [1.807, 2.05) is 6.07 Å². The number of hydrogen-bond acceptors (Lipinski definition) is 5. The molecule has 0 bridgehead atoms. The van der Waals surface area contributed by atoms with Gasteiger partial charge in [0.05, 0.1) is 16.6 Å². The van der Waals surface area contributed by atoms with Gasteiger partial charge in [-0.1, -0.05) is 35.9 Å². The lowest BCUT2D eigenvalue weighted by atomic mass is 9.81. The Bertz CT molecular complexity index is 1260. The summed E-state index contributed by atoms with van der Waals surface area (Å²) < 4.78 is 15.5. The largest absolute Gasteiger partial charge is 0.391 e. The number of aliphatic hydroxyl groups is 1. The molecule has 1 N–H and O–H groups in total. The Balaban J connectivity index is 1.38. The smallest absolute Gasteiger partial charge is 0.170 e. The molecule has 35 heavy (non-hydrogen) atoms. The van der Waals surface area contributed by atoms with Crippen molar-refractivity contribution < 1.29 is 9.50 Å². The van der Waals surface area contributed by atoms with Gasteiger partial charge in [0, 0.05) is 37.3 Å². The molecule has 1 saturated carbocycles. The first-order valence-corrected chi connectivity index (χ1v) is 13.2. The molecule has 7 heteroatoms. The van der Waals surface area contributed by atoms with Gasteiger partial charge < -0.3 is 14.9 Å². The van der Waals surface area contributed by atoms with Crippen LogP contribution in [0.4, 0.5) is 15.9 Å². The number of fused-ring (bicyclic) bond motifs is 1. The van der Waals surface area contributed by atoms with Gasteiger partial charge >= 0.3 is 0 Å². The van der Waals surface area contributed by atoms with E-state index in [0.29, 0.717) is 35.8 Å². The number of hydrogen-bond donors (Lipinski definition) is 1. The SMILES string of the molecule is Cc1ccccc1C1CCN(c2nc(C3(F)CCC3)nc3c(Cl)cc(N4CC[C@@H](O)C4)cc23)CC1. The van der Waals surface area contributed by atoms with Crippen LogP contribution < -0.4 is 9.80 Å². The van der Waals surface area contributed by atoms with Gasteiger partial charge in [0.25, 0.3) is 0 Å². The standard InChI is InChI=1S/C28H32ClFN4O/c1-18-5-2-3-6-22(18)19-7-12-33(13-8-19)26-23-15-20(34-14-9-21(35)17-34)16-24(29)25(23)31-27(32-26)28(30)10-4-11-28/h2-3,5-6,15-16,19,21,35H,4,7-14,17H2,1H3/t21-/m1/s1. The number of aromatic nitrogens is 2. The van der Waals surface area contributed by atoms with Crippen molar-refractivity contribution in [1.29, 1.82) is 0 Å². The zero-order valence-corrected chi connectivity index (χ0v) is 20.9. The molecule has 0 spiro atoms. The highest BCUT2D eigenvalue weighted by atomic mass is 35.5. The molecule has 3 fully saturated rings. The number of anilines is 2.